The number of aryl methyl sites for hydroxylation is 1. The van der Waals surface area contributed by atoms with Crippen LogP contribution in [0.2, 0.25) is 0 Å². The van der Waals surface area contributed by atoms with Crippen molar-refractivity contribution in [3.05, 3.63) is 105 Å². The number of carbonyl (C=O) groups excluding carboxylic acids is 2. The van der Waals surface area contributed by atoms with Gasteiger partial charge in [-0.3, -0.25) is 14.4 Å². The monoisotopic (exact) mass is 556 g/mol. The molecule has 0 fully saturated rings. The van der Waals surface area contributed by atoms with Gasteiger partial charge in [-0.25, -0.2) is 9.38 Å². The van der Waals surface area contributed by atoms with E-state index >= 15 is 0 Å². The van der Waals surface area contributed by atoms with Gasteiger partial charge < -0.3 is 24.8 Å². The van der Waals surface area contributed by atoms with Crippen molar-refractivity contribution in [2.75, 3.05) is 24.9 Å². The number of carbonyl (C=O) groups is 2. The summed E-state index contributed by atoms with van der Waals surface area (Å²) in [6.07, 6.45) is 0. The highest BCUT2D eigenvalue weighted by molar-refractivity contribution is 7.19. The summed E-state index contributed by atoms with van der Waals surface area (Å²) in [4.78, 5) is 44.6. The van der Waals surface area contributed by atoms with E-state index in [1.807, 2.05) is 30.3 Å². The highest BCUT2D eigenvalue weighted by atomic mass is 32.1. The topological polar surface area (TPSA) is 120 Å². The number of anilines is 2. The first-order chi connectivity index (χ1) is 19.4. The van der Waals surface area contributed by atoms with Gasteiger partial charge in [0.2, 0.25) is 0 Å². The predicted molar refractivity (Wildman–Crippen MR) is 152 cm³/mol. The van der Waals surface area contributed by atoms with E-state index in [-0.39, 0.29) is 15.5 Å². The van der Waals surface area contributed by atoms with Gasteiger partial charge in [0.05, 0.1) is 19.9 Å². The SMILES string of the molecule is COc1ccc(OC)c(NC(=O)c2c(C(=O)Nc3ccc(Oc4ccccc4)cc3)sc3nc(C)cc(=O)n23)c1. The largest absolute Gasteiger partial charge is 0.497 e. The minimum absolute atomic E-state index is 0.0131. The molecule has 202 valence electrons. The molecule has 3 aromatic carbocycles. The molecule has 0 aliphatic carbocycles. The van der Waals surface area contributed by atoms with Gasteiger partial charge in [-0.15, -0.1) is 0 Å². The number of rotatable bonds is 8. The van der Waals surface area contributed by atoms with E-state index in [2.05, 4.69) is 15.6 Å². The second-order valence-corrected chi connectivity index (χ2v) is 9.53. The number of amides is 2. The smallest absolute Gasteiger partial charge is 0.274 e. The summed E-state index contributed by atoms with van der Waals surface area (Å²) in [7, 11) is 2.96. The quantitative estimate of drug-likeness (QED) is 0.263. The molecule has 0 unspecified atom stereocenters. The van der Waals surface area contributed by atoms with Gasteiger partial charge in [0, 0.05) is 23.5 Å². The number of hydrogen-bond acceptors (Lipinski definition) is 8. The van der Waals surface area contributed by atoms with Crippen LogP contribution < -0.4 is 30.4 Å². The third kappa shape index (κ3) is 5.49. The Morgan fingerprint density at radius 3 is 2.23 bits per heavy atom. The summed E-state index contributed by atoms with van der Waals surface area (Å²) in [5.41, 5.74) is 0.611. The van der Waals surface area contributed by atoms with Crippen LogP contribution in [-0.4, -0.2) is 35.4 Å². The van der Waals surface area contributed by atoms with Crippen LogP contribution >= 0.6 is 11.3 Å². The number of benzene rings is 3. The van der Waals surface area contributed by atoms with Gasteiger partial charge in [0.1, 0.15) is 33.6 Å². The van der Waals surface area contributed by atoms with Crippen LogP contribution in [-0.2, 0) is 0 Å². The normalized spacial score (nSPS) is 10.7. The fourth-order valence-corrected chi connectivity index (χ4v) is 5.03. The summed E-state index contributed by atoms with van der Waals surface area (Å²) >= 11 is 0.939. The number of fused-ring (bicyclic) bond motifs is 1. The Morgan fingerprint density at radius 1 is 0.825 bits per heavy atom. The van der Waals surface area contributed by atoms with E-state index in [0.29, 0.717) is 40.1 Å². The number of hydrogen-bond donors (Lipinski definition) is 2. The van der Waals surface area contributed by atoms with E-state index in [1.54, 1.807) is 49.4 Å². The lowest BCUT2D eigenvalue weighted by atomic mass is 10.2. The molecule has 0 aliphatic heterocycles. The minimum atomic E-state index is -0.692. The molecule has 40 heavy (non-hydrogen) atoms. The summed E-state index contributed by atoms with van der Waals surface area (Å²) in [6.45, 7) is 1.67. The number of thiazole rings is 1. The zero-order valence-corrected chi connectivity index (χ0v) is 22.6. The lowest BCUT2D eigenvalue weighted by molar-refractivity contribution is 0.0989. The van der Waals surface area contributed by atoms with Crippen molar-refractivity contribution in [2.24, 2.45) is 0 Å². The molecule has 10 nitrogen and oxygen atoms in total. The molecular weight excluding hydrogens is 532 g/mol. The Kier molecular flexibility index (Phi) is 7.47. The van der Waals surface area contributed by atoms with Crippen molar-refractivity contribution < 1.29 is 23.8 Å². The molecule has 2 heterocycles. The number of nitrogens with zero attached hydrogens (tertiary/aromatic N) is 2. The standard InChI is InChI=1S/C29H24N4O6S/c1-17-15-24(34)33-25(27(35)32-22-16-21(37-2)13-14-23(22)38-3)26(40-29(33)30-17)28(36)31-18-9-11-20(12-10-18)39-19-7-5-4-6-8-19/h4-16H,1-3H3,(H,31,36)(H,32,35). The van der Waals surface area contributed by atoms with E-state index in [4.69, 9.17) is 14.2 Å². The Labute approximate surface area is 232 Å². The highest BCUT2D eigenvalue weighted by Gasteiger charge is 2.27. The molecule has 0 aliphatic rings. The van der Waals surface area contributed by atoms with Crippen LogP contribution in [0, 0.1) is 6.92 Å². The molecule has 0 saturated heterocycles. The number of para-hydroxylation sites is 1. The summed E-state index contributed by atoms with van der Waals surface area (Å²) in [6, 6.07) is 22.3. The maximum Gasteiger partial charge on any atom is 0.274 e. The second-order valence-electron chi connectivity index (χ2n) is 8.55. The fourth-order valence-electron chi connectivity index (χ4n) is 3.96. The van der Waals surface area contributed by atoms with Gasteiger partial charge in [-0.2, -0.15) is 0 Å². The van der Waals surface area contributed by atoms with Crippen LogP contribution in [0.15, 0.2) is 83.7 Å². The molecule has 2 amide bonds. The number of aromatic nitrogens is 2. The van der Waals surface area contributed by atoms with Crippen molar-refractivity contribution in [2.45, 2.75) is 6.92 Å². The zero-order valence-electron chi connectivity index (χ0n) is 21.8. The molecule has 11 heteroatoms. The highest BCUT2D eigenvalue weighted by Crippen LogP contribution is 2.31. The van der Waals surface area contributed by atoms with Crippen molar-refractivity contribution in [3.8, 4) is 23.0 Å². The fraction of sp³-hybridized carbons (Fsp3) is 0.103. The minimum Gasteiger partial charge on any atom is -0.497 e. The van der Waals surface area contributed by atoms with Crippen LogP contribution in [0.25, 0.3) is 4.96 Å². The molecule has 0 bridgehead atoms. The lowest BCUT2D eigenvalue weighted by Gasteiger charge is -2.12. The maximum atomic E-state index is 13.6. The lowest BCUT2D eigenvalue weighted by Crippen LogP contribution is -2.25. The van der Waals surface area contributed by atoms with Crippen molar-refractivity contribution in [1.29, 1.82) is 0 Å². The van der Waals surface area contributed by atoms with Crippen molar-refractivity contribution in [1.82, 2.24) is 9.38 Å². The van der Waals surface area contributed by atoms with Crippen LogP contribution in [0.4, 0.5) is 11.4 Å². The molecule has 5 aromatic rings. The third-order valence-corrected chi connectivity index (χ3v) is 6.85. The van der Waals surface area contributed by atoms with Crippen molar-refractivity contribution in [3.63, 3.8) is 0 Å². The van der Waals surface area contributed by atoms with Gasteiger partial charge >= 0.3 is 0 Å². The average molecular weight is 557 g/mol. The van der Waals surface area contributed by atoms with E-state index in [9.17, 15) is 14.4 Å². The zero-order chi connectivity index (χ0) is 28.2. The Morgan fingerprint density at radius 2 is 1.52 bits per heavy atom. The first-order valence-electron chi connectivity index (χ1n) is 12.1. The van der Waals surface area contributed by atoms with Gasteiger partial charge in [0.15, 0.2) is 4.96 Å². The van der Waals surface area contributed by atoms with Crippen LogP contribution in [0.5, 0.6) is 23.0 Å². The third-order valence-electron chi connectivity index (χ3n) is 5.82. The predicted octanol–water partition coefficient (Wildman–Crippen LogP) is 5.38. The van der Waals surface area contributed by atoms with Crippen LogP contribution in [0.1, 0.15) is 25.9 Å². The Bertz CT molecular complexity index is 1760. The van der Waals surface area contributed by atoms with Crippen LogP contribution in [0.3, 0.4) is 0 Å². The molecule has 0 spiro atoms. The summed E-state index contributed by atoms with van der Waals surface area (Å²) in [5, 5.41) is 5.53. The molecule has 2 aromatic heterocycles. The molecule has 0 atom stereocenters. The van der Waals surface area contributed by atoms with Gasteiger partial charge in [-0.05, 0) is 55.5 Å². The molecule has 5 rings (SSSR count). The number of nitrogens with one attached hydrogen (secondary N) is 2. The van der Waals surface area contributed by atoms with Crippen molar-refractivity contribution >= 4 is 39.5 Å². The molecule has 0 saturated carbocycles. The van der Waals surface area contributed by atoms with E-state index < -0.39 is 17.4 Å². The van der Waals surface area contributed by atoms with Gasteiger partial charge in [-0.1, -0.05) is 29.5 Å². The first-order valence-corrected chi connectivity index (χ1v) is 12.9. The van der Waals surface area contributed by atoms with E-state index in [0.717, 1.165) is 15.7 Å². The van der Waals surface area contributed by atoms with E-state index in [1.165, 1.54) is 20.3 Å². The maximum absolute atomic E-state index is 13.6. The second kappa shape index (κ2) is 11.3. The summed E-state index contributed by atoms with van der Waals surface area (Å²) < 4.78 is 17.5. The van der Waals surface area contributed by atoms with Gasteiger partial charge in [0.25, 0.3) is 17.4 Å². The molecule has 2 N–H and O–H groups in total. The molecule has 0 radical (unpaired) electrons. The Hall–Kier alpha value is -5.16. The summed E-state index contributed by atoms with van der Waals surface area (Å²) in [5.74, 6) is 0.859. The average Bonchev–Trinajstić information content (AvgIpc) is 3.35. The molecular formula is C29H24N4O6S. The number of ether oxygens (including phenoxy) is 3. The first kappa shape index (κ1) is 26.4. The Balaban J connectivity index is 1.47. The number of methoxy groups -OCH3 is 2.